The van der Waals surface area contributed by atoms with Crippen LogP contribution in [0.5, 0.6) is 0 Å². The molecule has 0 radical (unpaired) electrons. The highest BCUT2D eigenvalue weighted by molar-refractivity contribution is 5.75. The van der Waals surface area contributed by atoms with Crippen LogP contribution in [0.3, 0.4) is 0 Å². The molecule has 0 unspecified atom stereocenters. The predicted octanol–water partition coefficient (Wildman–Crippen LogP) is -0.594. The van der Waals surface area contributed by atoms with E-state index in [4.69, 9.17) is 5.73 Å². The molecule has 0 spiro atoms. The lowest BCUT2D eigenvalue weighted by molar-refractivity contribution is -0.117. The number of hydrogen-bond acceptors (Lipinski definition) is 3. The van der Waals surface area contributed by atoms with Gasteiger partial charge in [-0.15, -0.1) is 0 Å². The Labute approximate surface area is 63.5 Å². The minimum atomic E-state index is -0.438. The average Bonchev–Trinajstić information content (AvgIpc) is 2.34. The molecule has 1 rings (SSSR count). The molecule has 0 atom stereocenters. The molecule has 0 aliphatic carbocycles. The van der Waals surface area contributed by atoms with Crippen LogP contribution in [0.1, 0.15) is 5.82 Å². The van der Waals surface area contributed by atoms with Crippen molar-refractivity contribution in [2.75, 3.05) is 0 Å². The third-order valence-corrected chi connectivity index (χ3v) is 1.08. The maximum Gasteiger partial charge on any atom is 0.225 e. The van der Waals surface area contributed by atoms with Crippen LogP contribution in [-0.2, 0) is 11.2 Å². The average molecular weight is 152 g/mol. The van der Waals surface area contributed by atoms with Crippen LogP contribution in [0.15, 0.2) is 12.9 Å². The number of primary amides is 1. The molecule has 1 aromatic heterocycles. The summed E-state index contributed by atoms with van der Waals surface area (Å²) >= 11 is 0. The molecular formula is C6H8N4O. The molecule has 0 aliphatic rings. The summed E-state index contributed by atoms with van der Waals surface area (Å²) in [6, 6.07) is 0. The molecule has 1 aromatic rings. The summed E-state index contributed by atoms with van der Waals surface area (Å²) in [6.45, 7) is 3.47. The van der Waals surface area contributed by atoms with Crippen LogP contribution in [-0.4, -0.2) is 20.7 Å². The normalized spacial score (nSPS) is 9.45. The van der Waals surface area contributed by atoms with Gasteiger partial charge in [-0.1, -0.05) is 6.58 Å². The summed E-state index contributed by atoms with van der Waals surface area (Å²) < 4.78 is 1.41. The van der Waals surface area contributed by atoms with Crippen molar-refractivity contribution in [1.82, 2.24) is 14.8 Å². The zero-order chi connectivity index (χ0) is 8.27. The SMILES string of the molecule is C=Cn1cnc(CC(N)=O)n1. The Morgan fingerprint density at radius 2 is 2.64 bits per heavy atom. The van der Waals surface area contributed by atoms with Crippen LogP contribution >= 0.6 is 0 Å². The molecular weight excluding hydrogens is 144 g/mol. The second-order valence-electron chi connectivity index (χ2n) is 1.97. The van der Waals surface area contributed by atoms with Gasteiger partial charge in [0.15, 0.2) is 5.82 Å². The van der Waals surface area contributed by atoms with Gasteiger partial charge in [0.1, 0.15) is 6.33 Å². The van der Waals surface area contributed by atoms with Gasteiger partial charge in [-0.3, -0.25) is 4.79 Å². The molecule has 0 aromatic carbocycles. The molecule has 58 valence electrons. The second kappa shape index (κ2) is 2.96. The first-order valence-electron chi connectivity index (χ1n) is 3.03. The molecule has 5 nitrogen and oxygen atoms in total. The first-order valence-corrected chi connectivity index (χ1v) is 3.03. The maximum absolute atomic E-state index is 10.4. The molecule has 1 amide bonds. The van der Waals surface area contributed by atoms with Crippen LogP contribution in [0.2, 0.25) is 0 Å². The van der Waals surface area contributed by atoms with Gasteiger partial charge < -0.3 is 5.73 Å². The summed E-state index contributed by atoms with van der Waals surface area (Å²) in [5.74, 6) is -0.0239. The van der Waals surface area contributed by atoms with Crippen LogP contribution < -0.4 is 5.73 Å². The van der Waals surface area contributed by atoms with Gasteiger partial charge in [0.2, 0.25) is 5.91 Å². The Bertz CT molecular complexity index is 278. The monoisotopic (exact) mass is 152 g/mol. The summed E-state index contributed by atoms with van der Waals surface area (Å²) in [5.41, 5.74) is 4.92. The number of amides is 1. The number of nitrogens with zero attached hydrogens (tertiary/aromatic N) is 3. The standard InChI is InChI=1S/C6H8N4O/c1-2-10-4-8-6(9-10)3-5(7)11/h2,4H,1,3H2,(H2,7,11). The zero-order valence-electron chi connectivity index (χ0n) is 5.90. The predicted molar refractivity (Wildman–Crippen MR) is 39.3 cm³/mol. The van der Waals surface area contributed by atoms with Crippen molar-refractivity contribution in [3.63, 3.8) is 0 Å². The summed E-state index contributed by atoms with van der Waals surface area (Å²) in [5, 5.41) is 3.86. The highest BCUT2D eigenvalue weighted by Crippen LogP contribution is 1.89. The lowest BCUT2D eigenvalue weighted by atomic mass is 10.4. The highest BCUT2D eigenvalue weighted by Gasteiger charge is 2.01. The van der Waals surface area contributed by atoms with Crippen molar-refractivity contribution in [3.8, 4) is 0 Å². The van der Waals surface area contributed by atoms with E-state index in [-0.39, 0.29) is 6.42 Å². The Balaban J connectivity index is 2.72. The minimum absolute atomic E-state index is 0.0703. The molecule has 0 bridgehead atoms. The summed E-state index contributed by atoms with van der Waals surface area (Å²) in [4.78, 5) is 14.2. The lowest BCUT2D eigenvalue weighted by Crippen LogP contribution is -2.14. The minimum Gasteiger partial charge on any atom is -0.369 e. The van der Waals surface area contributed by atoms with Gasteiger partial charge in [-0.05, 0) is 0 Å². The van der Waals surface area contributed by atoms with Crippen LogP contribution in [0.25, 0.3) is 6.20 Å². The van der Waals surface area contributed by atoms with Gasteiger partial charge in [-0.2, -0.15) is 5.10 Å². The fourth-order valence-electron chi connectivity index (χ4n) is 0.636. The van der Waals surface area contributed by atoms with Gasteiger partial charge in [0.25, 0.3) is 0 Å². The van der Waals surface area contributed by atoms with E-state index in [9.17, 15) is 4.79 Å². The van der Waals surface area contributed by atoms with Gasteiger partial charge >= 0.3 is 0 Å². The number of carbonyl (C=O) groups excluding carboxylic acids is 1. The van der Waals surface area contributed by atoms with E-state index in [0.717, 1.165) is 0 Å². The van der Waals surface area contributed by atoms with E-state index < -0.39 is 5.91 Å². The smallest absolute Gasteiger partial charge is 0.225 e. The van der Waals surface area contributed by atoms with Crippen LogP contribution in [0, 0.1) is 0 Å². The number of rotatable bonds is 3. The Morgan fingerprint density at radius 3 is 3.09 bits per heavy atom. The topological polar surface area (TPSA) is 73.8 Å². The molecule has 5 heteroatoms. The summed E-state index contributed by atoms with van der Waals surface area (Å²) in [6.07, 6.45) is 3.02. The molecule has 0 saturated heterocycles. The zero-order valence-corrected chi connectivity index (χ0v) is 5.90. The number of carbonyl (C=O) groups is 1. The molecule has 1 heterocycles. The molecule has 0 aliphatic heterocycles. The van der Waals surface area contributed by atoms with Gasteiger partial charge in [-0.25, -0.2) is 9.67 Å². The van der Waals surface area contributed by atoms with E-state index in [2.05, 4.69) is 16.7 Å². The lowest BCUT2D eigenvalue weighted by Gasteiger charge is -1.86. The van der Waals surface area contributed by atoms with E-state index >= 15 is 0 Å². The van der Waals surface area contributed by atoms with Gasteiger partial charge in [0.05, 0.1) is 6.42 Å². The second-order valence-corrected chi connectivity index (χ2v) is 1.97. The molecule has 0 fully saturated rings. The van der Waals surface area contributed by atoms with Crippen molar-refractivity contribution < 1.29 is 4.79 Å². The van der Waals surface area contributed by atoms with Crippen LogP contribution in [0.4, 0.5) is 0 Å². The molecule has 2 N–H and O–H groups in total. The Morgan fingerprint density at radius 1 is 1.91 bits per heavy atom. The number of nitrogens with two attached hydrogens (primary N) is 1. The Kier molecular flexibility index (Phi) is 2.00. The van der Waals surface area contributed by atoms with E-state index in [1.54, 1.807) is 0 Å². The number of hydrogen-bond donors (Lipinski definition) is 1. The van der Waals surface area contributed by atoms with E-state index in [1.807, 2.05) is 0 Å². The van der Waals surface area contributed by atoms with Gasteiger partial charge in [0, 0.05) is 6.20 Å². The summed E-state index contributed by atoms with van der Waals surface area (Å²) in [7, 11) is 0. The maximum atomic E-state index is 10.4. The fourth-order valence-corrected chi connectivity index (χ4v) is 0.636. The molecule has 0 saturated carbocycles. The van der Waals surface area contributed by atoms with Crippen molar-refractivity contribution in [3.05, 3.63) is 18.7 Å². The fraction of sp³-hybridized carbons (Fsp3) is 0.167. The molecule has 11 heavy (non-hydrogen) atoms. The van der Waals surface area contributed by atoms with Crippen molar-refractivity contribution in [2.45, 2.75) is 6.42 Å². The third kappa shape index (κ3) is 1.89. The quantitative estimate of drug-likeness (QED) is 0.628. The Hall–Kier alpha value is -1.65. The van der Waals surface area contributed by atoms with Crippen molar-refractivity contribution in [2.24, 2.45) is 5.73 Å². The van der Waals surface area contributed by atoms with Crippen molar-refractivity contribution >= 4 is 12.1 Å². The van der Waals surface area contributed by atoms with Crippen molar-refractivity contribution in [1.29, 1.82) is 0 Å². The highest BCUT2D eigenvalue weighted by atomic mass is 16.1. The number of aromatic nitrogens is 3. The first kappa shape index (κ1) is 7.46. The largest absolute Gasteiger partial charge is 0.369 e. The third-order valence-electron chi connectivity index (χ3n) is 1.08. The first-order chi connectivity index (χ1) is 5.22. The van der Waals surface area contributed by atoms with E-state index in [0.29, 0.717) is 5.82 Å². The van der Waals surface area contributed by atoms with E-state index in [1.165, 1.54) is 17.2 Å².